The zero-order chi connectivity index (χ0) is 10.4. The van der Waals surface area contributed by atoms with E-state index in [1.807, 2.05) is 0 Å². The Balaban J connectivity index is 2.37. The molecule has 0 amide bonds. The summed E-state index contributed by atoms with van der Waals surface area (Å²) in [5, 5.41) is 12.2. The SMILES string of the molecule is C=CCNCC1CCCCC1C(=O)O. The highest BCUT2D eigenvalue weighted by atomic mass is 16.4. The molecular formula is C11H19NO2. The van der Waals surface area contributed by atoms with Gasteiger partial charge in [0.2, 0.25) is 0 Å². The molecule has 0 saturated heterocycles. The fourth-order valence-corrected chi connectivity index (χ4v) is 2.15. The van der Waals surface area contributed by atoms with Crippen LogP contribution < -0.4 is 5.32 Å². The molecule has 3 heteroatoms. The average Bonchev–Trinajstić information content (AvgIpc) is 2.19. The van der Waals surface area contributed by atoms with Gasteiger partial charge in [-0.05, 0) is 25.3 Å². The van der Waals surface area contributed by atoms with Gasteiger partial charge in [-0.15, -0.1) is 6.58 Å². The Bertz CT molecular complexity index is 203. The minimum absolute atomic E-state index is 0.138. The van der Waals surface area contributed by atoms with Crippen molar-refractivity contribution in [3.05, 3.63) is 12.7 Å². The quantitative estimate of drug-likeness (QED) is 0.520. The molecule has 2 N–H and O–H groups in total. The third kappa shape index (κ3) is 3.14. The summed E-state index contributed by atoms with van der Waals surface area (Å²) in [6.45, 7) is 5.19. The molecule has 2 atom stereocenters. The Morgan fingerprint density at radius 3 is 2.86 bits per heavy atom. The number of hydrogen-bond donors (Lipinski definition) is 2. The van der Waals surface area contributed by atoms with Crippen molar-refractivity contribution in [2.75, 3.05) is 13.1 Å². The van der Waals surface area contributed by atoms with E-state index in [9.17, 15) is 4.79 Å². The lowest BCUT2D eigenvalue weighted by Gasteiger charge is -2.28. The van der Waals surface area contributed by atoms with E-state index in [-0.39, 0.29) is 5.92 Å². The normalized spacial score (nSPS) is 27.1. The summed E-state index contributed by atoms with van der Waals surface area (Å²) in [5.41, 5.74) is 0. The maximum absolute atomic E-state index is 10.9. The van der Waals surface area contributed by atoms with Gasteiger partial charge in [-0.1, -0.05) is 18.9 Å². The van der Waals surface area contributed by atoms with Crippen molar-refractivity contribution in [1.82, 2.24) is 5.32 Å². The molecule has 0 radical (unpaired) electrons. The highest BCUT2D eigenvalue weighted by Gasteiger charge is 2.29. The van der Waals surface area contributed by atoms with Crippen LogP contribution in [0.15, 0.2) is 12.7 Å². The number of carboxylic acid groups (broad SMARTS) is 1. The van der Waals surface area contributed by atoms with Crippen LogP contribution in [0.3, 0.4) is 0 Å². The average molecular weight is 197 g/mol. The Morgan fingerprint density at radius 2 is 2.21 bits per heavy atom. The van der Waals surface area contributed by atoms with E-state index in [1.54, 1.807) is 6.08 Å². The van der Waals surface area contributed by atoms with Crippen molar-refractivity contribution in [1.29, 1.82) is 0 Å². The van der Waals surface area contributed by atoms with Gasteiger partial charge in [0.1, 0.15) is 0 Å². The predicted octanol–water partition coefficient (Wildman–Crippen LogP) is 1.65. The van der Waals surface area contributed by atoms with Crippen LogP contribution in [-0.4, -0.2) is 24.2 Å². The second kappa shape index (κ2) is 5.81. The minimum Gasteiger partial charge on any atom is -0.481 e. The second-order valence-electron chi connectivity index (χ2n) is 3.94. The number of rotatable bonds is 5. The maximum atomic E-state index is 10.9. The van der Waals surface area contributed by atoms with Crippen molar-refractivity contribution in [2.24, 2.45) is 11.8 Å². The molecule has 0 aromatic rings. The topological polar surface area (TPSA) is 49.3 Å². The molecule has 1 rings (SSSR count). The summed E-state index contributed by atoms with van der Waals surface area (Å²) in [4.78, 5) is 10.9. The van der Waals surface area contributed by atoms with Crippen LogP contribution in [0.4, 0.5) is 0 Å². The first kappa shape index (κ1) is 11.2. The Hall–Kier alpha value is -0.830. The van der Waals surface area contributed by atoms with Gasteiger partial charge in [0, 0.05) is 6.54 Å². The van der Waals surface area contributed by atoms with E-state index >= 15 is 0 Å². The summed E-state index contributed by atoms with van der Waals surface area (Å²) in [6.07, 6.45) is 5.93. The Kier molecular flexibility index (Phi) is 4.66. The zero-order valence-electron chi connectivity index (χ0n) is 8.54. The second-order valence-corrected chi connectivity index (χ2v) is 3.94. The Labute approximate surface area is 85.2 Å². The van der Waals surface area contributed by atoms with Crippen LogP contribution in [0.1, 0.15) is 25.7 Å². The van der Waals surface area contributed by atoms with Gasteiger partial charge in [-0.3, -0.25) is 4.79 Å². The van der Waals surface area contributed by atoms with Crippen molar-refractivity contribution in [3.8, 4) is 0 Å². The van der Waals surface area contributed by atoms with Crippen LogP contribution in [-0.2, 0) is 4.79 Å². The third-order valence-electron chi connectivity index (χ3n) is 2.92. The van der Waals surface area contributed by atoms with E-state index in [0.29, 0.717) is 5.92 Å². The van der Waals surface area contributed by atoms with Crippen LogP contribution in [0.25, 0.3) is 0 Å². The number of aliphatic carboxylic acids is 1. The number of hydrogen-bond acceptors (Lipinski definition) is 2. The largest absolute Gasteiger partial charge is 0.481 e. The van der Waals surface area contributed by atoms with Crippen LogP contribution in [0.2, 0.25) is 0 Å². The van der Waals surface area contributed by atoms with Gasteiger partial charge in [0.05, 0.1) is 5.92 Å². The summed E-state index contributed by atoms with van der Waals surface area (Å²) in [6, 6.07) is 0. The molecule has 0 bridgehead atoms. The first-order chi connectivity index (χ1) is 6.75. The first-order valence-corrected chi connectivity index (χ1v) is 5.30. The fourth-order valence-electron chi connectivity index (χ4n) is 2.15. The zero-order valence-corrected chi connectivity index (χ0v) is 8.54. The van der Waals surface area contributed by atoms with Crippen molar-refractivity contribution in [2.45, 2.75) is 25.7 Å². The number of carboxylic acids is 1. The van der Waals surface area contributed by atoms with Crippen molar-refractivity contribution < 1.29 is 9.90 Å². The lowest BCUT2D eigenvalue weighted by Crippen LogP contribution is -2.34. The van der Waals surface area contributed by atoms with Crippen LogP contribution in [0, 0.1) is 11.8 Å². The van der Waals surface area contributed by atoms with Gasteiger partial charge >= 0.3 is 5.97 Å². The van der Waals surface area contributed by atoms with Gasteiger partial charge in [-0.25, -0.2) is 0 Å². The molecule has 0 aliphatic heterocycles. The molecule has 1 fully saturated rings. The van der Waals surface area contributed by atoms with Crippen LogP contribution in [0.5, 0.6) is 0 Å². The van der Waals surface area contributed by atoms with Crippen molar-refractivity contribution in [3.63, 3.8) is 0 Å². The smallest absolute Gasteiger partial charge is 0.306 e. The molecule has 1 aliphatic carbocycles. The van der Waals surface area contributed by atoms with Crippen LogP contribution >= 0.6 is 0 Å². The molecule has 0 aromatic heterocycles. The van der Waals surface area contributed by atoms with Crippen molar-refractivity contribution >= 4 is 5.97 Å². The van der Waals surface area contributed by atoms with E-state index in [1.165, 1.54) is 6.42 Å². The van der Waals surface area contributed by atoms with Gasteiger partial charge in [0.25, 0.3) is 0 Å². The molecule has 0 heterocycles. The third-order valence-corrected chi connectivity index (χ3v) is 2.92. The first-order valence-electron chi connectivity index (χ1n) is 5.30. The van der Waals surface area contributed by atoms with Gasteiger partial charge < -0.3 is 10.4 Å². The maximum Gasteiger partial charge on any atom is 0.306 e. The molecule has 3 nitrogen and oxygen atoms in total. The monoisotopic (exact) mass is 197 g/mol. The molecule has 1 aliphatic rings. The van der Waals surface area contributed by atoms with E-state index < -0.39 is 5.97 Å². The predicted molar refractivity (Wildman–Crippen MR) is 56.2 cm³/mol. The number of nitrogens with one attached hydrogen (secondary N) is 1. The Morgan fingerprint density at radius 1 is 1.50 bits per heavy atom. The number of carbonyl (C=O) groups is 1. The summed E-state index contributed by atoms with van der Waals surface area (Å²) >= 11 is 0. The summed E-state index contributed by atoms with van der Waals surface area (Å²) in [5.74, 6) is -0.461. The van der Waals surface area contributed by atoms with E-state index in [2.05, 4.69) is 11.9 Å². The molecule has 80 valence electrons. The lowest BCUT2D eigenvalue weighted by molar-refractivity contribution is -0.144. The molecule has 1 saturated carbocycles. The van der Waals surface area contributed by atoms with E-state index in [4.69, 9.17) is 5.11 Å². The molecule has 0 aromatic carbocycles. The lowest BCUT2D eigenvalue weighted by atomic mass is 9.79. The van der Waals surface area contributed by atoms with E-state index in [0.717, 1.165) is 32.4 Å². The highest BCUT2D eigenvalue weighted by molar-refractivity contribution is 5.70. The van der Waals surface area contributed by atoms with Gasteiger partial charge in [0.15, 0.2) is 0 Å². The fraction of sp³-hybridized carbons (Fsp3) is 0.727. The summed E-state index contributed by atoms with van der Waals surface area (Å²) < 4.78 is 0. The van der Waals surface area contributed by atoms with Gasteiger partial charge in [-0.2, -0.15) is 0 Å². The highest BCUT2D eigenvalue weighted by Crippen LogP contribution is 2.29. The molecule has 0 spiro atoms. The standard InChI is InChI=1S/C11H19NO2/c1-2-7-12-8-9-5-3-4-6-10(9)11(13)14/h2,9-10,12H,1,3-8H2,(H,13,14). The molecular weight excluding hydrogens is 178 g/mol. The molecule has 14 heavy (non-hydrogen) atoms. The minimum atomic E-state index is -0.630. The summed E-state index contributed by atoms with van der Waals surface area (Å²) in [7, 11) is 0. The molecule has 2 unspecified atom stereocenters.